The molecule has 3 aromatic rings. The number of aromatic nitrogens is 4. The monoisotopic (exact) mass is 365 g/mol. The highest BCUT2D eigenvalue weighted by atomic mass is 19.1. The third kappa shape index (κ3) is 3.59. The second-order valence-corrected chi connectivity index (χ2v) is 6.18. The van der Waals surface area contributed by atoms with Gasteiger partial charge in [-0.25, -0.2) is 14.4 Å². The molecule has 3 heterocycles. The van der Waals surface area contributed by atoms with Crippen LogP contribution in [-0.4, -0.2) is 33.0 Å². The topological polar surface area (TPSA) is 89.9 Å². The van der Waals surface area contributed by atoms with Crippen LogP contribution in [0.1, 0.15) is 12.8 Å². The molecule has 0 aromatic carbocycles. The lowest BCUT2D eigenvalue weighted by Crippen LogP contribution is -2.15. The Morgan fingerprint density at radius 3 is 2.78 bits per heavy atom. The molecule has 1 aliphatic rings. The molecule has 0 spiro atoms. The Morgan fingerprint density at radius 2 is 2.04 bits per heavy atom. The number of nitrogens with zero attached hydrogens (tertiary/aromatic N) is 4. The van der Waals surface area contributed by atoms with Gasteiger partial charge in [-0.05, 0) is 25.0 Å². The van der Waals surface area contributed by atoms with Crippen LogP contribution in [0.25, 0.3) is 22.5 Å². The second-order valence-electron chi connectivity index (χ2n) is 6.18. The molecule has 0 unspecified atom stereocenters. The Labute approximate surface area is 154 Å². The van der Waals surface area contributed by atoms with Gasteiger partial charge < -0.3 is 10.1 Å². The number of methoxy groups -OCH3 is 1. The molecule has 7 nitrogen and oxygen atoms in total. The van der Waals surface area contributed by atoms with Crippen LogP contribution in [-0.2, 0) is 4.79 Å². The van der Waals surface area contributed by atoms with Gasteiger partial charge in [0.25, 0.3) is 0 Å². The van der Waals surface area contributed by atoms with Gasteiger partial charge in [-0.15, -0.1) is 0 Å². The number of hydrogen-bond donors (Lipinski definition) is 1. The molecule has 1 N–H and O–H groups in total. The van der Waals surface area contributed by atoms with E-state index in [1.165, 1.54) is 25.6 Å². The minimum Gasteiger partial charge on any atom is -0.495 e. The normalized spacial score (nSPS) is 13.3. The third-order valence-corrected chi connectivity index (χ3v) is 4.22. The fourth-order valence-corrected chi connectivity index (χ4v) is 2.65. The van der Waals surface area contributed by atoms with Crippen LogP contribution in [0.5, 0.6) is 5.75 Å². The summed E-state index contributed by atoms with van der Waals surface area (Å²) in [6, 6.07) is 3.25. The number of anilines is 1. The molecule has 1 aliphatic carbocycles. The number of halogens is 1. The van der Waals surface area contributed by atoms with E-state index in [1.807, 2.05) is 0 Å². The van der Waals surface area contributed by atoms with E-state index in [9.17, 15) is 9.18 Å². The number of nitrogens with one attached hydrogen (secondary N) is 1. The summed E-state index contributed by atoms with van der Waals surface area (Å²) in [7, 11) is 1.53. The van der Waals surface area contributed by atoms with Crippen molar-refractivity contribution in [3.63, 3.8) is 0 Å². The Morgan fingerprint density at radius 1 is 1.19 bits per heavy atom. The summed E-state index contributed by atoms with van der Waals surface area (Å²) in [4.78, 5) is 28.8. The first-order valence-electron chi connectivity index (χ1n) is 8.43. The lowest BCUT2D eigenvalue weighted by molar-refractivity contribution is -0.117. The average Bonchev–Trinajstić information content (AvgIpc) is 3.54. The van der Waals surface area contributed by atoms with E-state index < -0.39 is 5.82 Å². The van der Waals surface area contributed by atoms with Crippen molar-refractivity contribution in [2.24, 2.45) is 5.92 Å². The van der Waals surface area contributed by atoms with Crippen molar-refractivity contribution in [1.82, 2.24) is 19.9 Å². The maximum absolute atomic E-state index is 14.3. The van der Waals surface area contributed by atoms with Gasteiger partial charge in [-0.2, -0.15) is 0 Å². The van der Waals surface area contributed by atoms with E-state index in [0.717, 1.165) is 19.0 Å². The zero-order valence-electron chi connectivity index (χ0n) is 14.5. The summed E-state index contributed by atoms with van der Waals surface area (Å²) in [6.45, 7) is 0. The Balaban J connectivity index is 1.82. The third-order valence-electron chi connectivity index (χ3n) is 4.22. The summed E-state index contributed by atoms with van der Waals surface area (Å²) in [6.07, 6.45) is 8.93. The van der Waals surface area contributed by atoms with E-state index >= 15 is 0 Å². The molecule has 27 heavy (non-hydrogen) atoms. The van der Waals surface area contributed by atoms with Crippen molar-refractivity contribution in [3.05, 3.63) is 48.9 Å². The van der Waals surface area contributed by atoms with Crippen LogP contribution in [0, 0.1) is 11.7 Å². The van der Waals surface area contributed by atoms with Crippen molar-refractivity contribution in [2.45, 2.75) is 12.8 Å². The molecule has 4 rings (SSSR count). The van der Waals surface area contributed by atoms with E-state index in [1.54, 1.807) is 18.5 Å². The maximum atomic E-state index is 14.3. The molecular formula is C19H16FN5O2. The van der Waals surface area contributed by atoms with Crippen molar-refractivity contribution in [2.75, 3.05) is 12.4 Å². The zero-order valence-corrected chi connectivity index (χ0v) is 14.5. The van der Waals surface area contributed by atoms with Crippen LogP contribution < -0.4 is 10.1 Å². The highest BCUT2D eigenvalue weighted by Crippen LogP contribution is 2.33. The molecule has 3 aromatic heterocycles. The van der Waals surface area contributed by atoms with Crippen LogP contribution in [0.4, 0.5) is 10.2 Å². The number of hydrogen-bond acceptors (Lipinski definition) is 6. The first-order valence-corrected chi connectivity index (χ1v) is 8.43. The van der Waals surface area contributed by atoms with Crippen LogP contribution >= 0.6 is 0 Å². The van der Waals surface area contributed by atoms with Gasteiger partial charge in [-0.1, -0.05) is 0 Å². The Hall–Kier alpha value is -3.42. The average molecular weight is 365 g/mol. The molecule has 0 aliphatic heterocycles. The fraction of sp³-hybridized carbons (Fsp3) is 0.211. The highest BCUT2D eigenvalue weighted by molar-refractivity contribution is 5.93. The molecule has 0 bridgehead atoms. The van der Waals surface area contributed by atoms with E-state index in [0.29, 0.717) is 28.5 Å². The van der Waals surface area contributed by atoms with Crippen molar-refractivity contribution >= 4 is 11.7 Å². The van der Waals surface area contributed by atoms with Crippen LogP contribution in [0.15, 0.2) is 43.1 Å². The molecule has 1 fully saturated rings. The number of rotatable bonds is 5. The summed E-state index contributed by atoms with van der Waals surface area (Å²) < 4.78 is 19.5. The molecule has 8 heteroatoms. The molecule has 1 amide bonds. The summed E-state index contributed by atoms with van der Waals surface area (Å²) >= 11 is 0. The van der Waals surface area contributed by atoms with E-state index in [4.69, 9.17) is 4.74 Å². The van der Waals surface area contributed by atoms with Gasteiger partial charge in [0.2, 0.25) is 5.91 Å². The number of carbonyl (C=O) groups excluding carboxylic acids is 1. The predicted octanol–water partition coefficient (Wildman–Crippen LogP) is 3.10. The van der Waals surface area contributed by atoms with Gasteiger partial charge in [0.15, 0.2) is 11.6 Å². The largest absolute Gasteiger partial charge is 0.495 e. The summed E-state index contributed by atoms with van der Waals surface area (Å²) in [5, 5.41) is 2.77. The number of carbonyl (C=O) groups is 1. The smallest absolute Gasteiger partial charge is 0.228 e. The zero-order chi connectivity index (χ0) is 18.8. The van der Waals surface area contributed by atoms with Crippen molar-refractivity contribution < 1.29 is 13.9 Å². The lowest BCUT2D eigenvalue weighted by atomic mass is 10.1. The number of ether oxygens (including phenoxy) is 1. The minimum absolute atomic E-state index is 0.0334. The minimum atomic E-state index is -0.515. The van der Waals surface area contributed by atoms with Crippen LogP contribution in [0.2, 0.25) is 0 Å². The Kier molecular flexibility index (Phi) is 4.45. The molecule has 0 radical (unpaired) electrons. The van der Waals surface area contributed by atoms with Gasteiger partial charge in [0, 0.05) is 29.4 Å². The molecule has 136 valence electrons. The second kappa shape index (κ2) is 7.06. The quantitative estimate of drug-likeness (QED) is 0.747. The van der Waals surface area contributed by atoms with Gasteiger partial charge in [0.05, 0.1) is 31.4 Å². The SMILES string of the molecule is COc1cncc(-c2nc(NC(=O)C3CC3)cnc2-c2ccncc2F)c1. The first-order chi connectivity index (χ1) is 13.2. The standard InChI is InChI=1S/C19H16FN5O2/c1-27-13-6-12(7-22-8-13)17-18(14-4-5-21-9-15(14)20)23-10-16(24-17)25-19(26)11-2-3-11/h4-11H,2-3H2,1H3,(H,24,25,26). The molecule has 1 saturated carbocycles. The van der Waals surface area contributed by atoms with Crippen LogP contribution in [0.3, 0.4) is 0 Å². The summed E-state index contributed by atoms with van der Waals surface area (Å²) in [5.74, 6) is 0.275. The first kappa shape index (κ1) is 17.0. The highest BCUT2D eigenvalue weighted by Gasteiger charge is 2.30. The van der Waals surface area contributed by atoms with E-state index in [-0.39, 0.29) is 17.4 Å². The maximum Gasteiger partial charge on any atom is 0.228 e. The summed E-state index contributed by atoms with van der Waals surface area (Å²) in [5.41, 5.74) is 1.57. The lowest BCUT2D eigenvalue weighted by Gasteiger charge is -2.12. The van der Waals surface area contributed by atoms with Crippen molar-refractivity contribution in [3.8, 4) is 28.3 Å². The number of amides is 1. The molecule has 0 atom stereocenters. The molecular weight excluding hydrogens is 349 g/mol. The van der Waals surface area contributed by atoms with Gasteiger partial charge >= 0.3 is 0 Å². The van der Waals surface area contributed by atoms with Gasteiger partial charge in [-0.3, -0.25) is 14.8 Å². The number of pyridine rings is 2. The van der Waals surface area contributed by atoms with Gasteiger partial charge in [0.1, 0.15) is 11.4 Å². The van der Waals surface area contributed by atoms with Crippen molar-refractivity contribution in [1.29, 1.82) is 0 Å². The fourth-order valence-electron chi connectivity index (χ4n) is 2.65. The Bertz CT molecular complexity index is 1010. The predicted molar refractivity (Wildman–Crippen MR) is 96.4 cm³/mol. The molecule has 0 saturated heterocycles. The van der Waals surface area contributed by atoms with E-state index in [2.05, 4.69) is 25.3 Å².